The number of aromatic carboxylic acids is 1. The van der Waals surface area contributed by atoms with Crippen LogP contribution in [0.3, 0.4) is 0 Å². The Hall–Kier alpha value is -1.73. The molecule has 0 unspecified atom stereocenters. The molecule has 0 aliphatic heterocycles. The number of rotatable bonds is 8. The quantitative estimate of drug-likeness (QED) is 0.683. The Morgan fingerprint density at radius 2 is 2.22 bits per heavy atom. The molecule has 1 aromatic heterocycles. The minimum atomic E-state index is -1.08. The van der Waals surface area contributed by atoms with E-state index in [1.54, 1.807) is 13.2 Å². The van der Waals surface area contributed by atoms with Gasteiger partial charge in [0.25, 0.3) is 0 Å². The summed E-state index contributed by atoms with van der Waals surface area (Å²) in [5, 5.41) is 19.1. The topological polar surface area (TPSA) is 87.6 Å². The van der Waals surface area contributed by atoms with Crippen molar-refractivity contribution in [3.8, 4) is 0 Å². The van der Waals surface area contributed by atoms with Gasteiger partial charge in [-0.15, -0.1) is 10.2 Å². The minimum absolute atomic E-state index is 0.0576. The normalized spacial score (nSPS) is 10.6. The predicted octanol–water partition coefficient (Wildman–Crippen LogP) is 0.165. The number of likely N-dealkylation sites (N-methyl/N-ethyl adjacent to an activating group) is 1. The van der Waals surface area contributed by atoms with Gasteiger partial charge >= 0.3 is 5.97 Å². The monoisotopic (exact) mass is 254 g/mol. The minimum Gasteiger partial charge on any atom is -0.476 e. The zero-order valence-electron chi connectivity index (χ0n) is 10.6. The SMILES string of the molecule is COCCN(C)CCNc1ccc(C(=O)O)nn1. The largest absolute Gasteiger partial charge is 0.476 e. The van der Waals surface area contributed by atoms with Gasteiger partial charge in [0.1, 0.15) is 5.82 Å². The molecule has 0 atom stereocenters. The lowest BCUT2D eigenvalue weighted by Gasteiger charge is -2.16. The highest BCUT2D eigenvalue weighted by Gasteiger charge is 2.04. The third-order valence-corrected chi connectivity index (χ3v) is 2.36. The summed E-state index contributed by atoms with van der Waals surface area (Å²) in [4.78, 5) is 12.7. The number of nitrogens with zero attached hydrogens (tertiary/aromatic N) is 3. The van der Waals surface area contributed by atoms with Gasteiger partial charge in [-0.2, -0.15) is 0 Å². The Labute approximate surface area is 106 Å². The van der Waals surface area contributed by atoms with E-state index in [1.165, 1.54) is 6.07 Å². The van der Waals surface area contributed by atoms with Crippen molar-refractivity contribution in [2.45, 2.75) is 0 Å². The highest BCUT2D eigenvalue weighted by molar-refractivity contribution is 5.85. The summed E-state index contributed by atoms with van der Waals surface area (Å²) < 4.78 is 4.97. The van der Waals surface area contributed by atoms with Crippen LogP contribution in [-0.4, -0.2) is 66.6 Å². The Morgan fingerprint density at radius 3 is 2.78 bits per heavy atom. The number of aromatic nitrogens is 2. The molecule has 0 fully saturated rings. The highest BCUT2D eigenvalue weighted by atomic mass is 16.5. The number of hydrogen-bond acceptors (Lipinski definition) is 6. The van der Waals surface area contributed by atoms with Gasteiger partial charge in [-0.25, -0.2) is 4.79 Å². The van der Waals surface area contributed by atoms with Gasteiger partial charge in [0.2, 0.25) is 0 Å². The van der Waals surface area contributed by atoms with Crippen LogP contribution in [0, 0.1) is 0 Å². The van der Waals surface area contributed by atoms with Crippen molar-refractivity contribution >= 4 is 11.8 Å². The lowest BCUT2D eigenvalue weighted by Crippen LogP contribution is -2.28. The van der Waals surface area contributed by atoms with E-state index < -0.39 is 5.97 Å². The zero-order valence-corrected chi connectivity index (χ0v) is 10.6. The molecule has 100 valence electrons. The molecule has 0 radical (unpaired) electrons. The van der Waals surface area contributed by atoms with E-state index in [4.69, 9.17) is 9.84 Å². The molecule has 0 aliphatic carbocycles. The molecule has 0 spiro atoms. The molecule has 7 nitrogen and oxygen atoms in total. The van der Waals surface area contributed by atoms with Crippen LogP contribution in [0.1, 0.15) is 10.5 Å². The highest BCUT2D eigenvalue weighted by Crippen LogP contribution is 2.01. The maximum absolute atomic E-state index is 10.6. The summed E-state index contributed by atoms with van der Waals surface area (Å²) in [7, 11) is 3.67. The number of anilines is 1. The van der Waals surface area contributed by atoms with Crippen LogP contribution in [0.5, 0.6) is 0 Å². The van der Waals surface area contributed by atoms with Gasteiger partial charge in [0.15, 0.2) is 5.69 Å². The number of hydrogen-bond donors (Lipinski definition) is 2. The maximum atomic E-state index is 10.6. The van der Waals surface area contributed by atoms with Crippen LogP contribution < -0.4 is 5.32 Å². The molecule has 0 amide bonds. The Kier molecular flexibility index (Phi) is 6.03. The summed E-state index contributed by atoms with van der Waals surface area (Å²) in [5.74, 6) is -0.506. The van der Waals surface area contributed by atoms with Crippen LogP contribution >= 0.6 is 0 Å². The average Bonchev–Trinajstić information content (AvgIpc) is 2.37. The Balaban J connectivity index is 2.29. The molecular weight excluding hydrogens is 236 g/mol. The number of carboxylic acid groups (broad SMARTS) is 1. The molecule has 1 heterocycles. The van der Waals surface area contributed by atoms with E-state index in [1.807, 2.05) is 7.05 Å². The van der Waals surface area contributed by atoms with Crippen LogP contribution in [0.2, 0.25) is 0 Å². The van der Waals surface area contributed by atoms with E-state index in [9.17, 15) is 4.79 Å². The molecule has 7 heteroatoms. The van der Waals surface area contributed by atoms with Crippen LogP contribution in [0.4, 0.5) is 5.82 Å². The van der Waals surface area contributed by atoms with Crippen molar-refractivity contribution in [1.82, 2.24) is 15.1 Å². The fraction of sp³-hybridized carbons (Fsp3) is 0.545. The molecule has 0 aliphatic rings. The van der Waals surface area contributed by atoms with E-state index >= 15 is 0 Å². The first-order valence-electron chi connectivity index (χ1n) is 5.62. The van der Waals surface area contributed by atoms with E-state index in [-0.39, 0.29) is 5.69 Å². The second-order valence-corrected chi connectivity index (χ2v) is 3.83. The number of carboxylic acids is 1. The number of methoxy groups -OCH3 is 1. The smallest absolute Gasteiger partial charge is 0.356 e. The van der Waals surface area contributed by atoms with E-state index in [0.29, 0.717) is 19.0 Å². The fourth-order valence-corrected chi connectivity index (χ4v) is 1.27. The second-order valence-electron chi connectivity index (χ2n) is 3.83. The number of ether oxygens (including phenoxy) is 1. The van der Waals surface area contributed by atoms with Crippen molar-refractivity contribution in [1.29, 1.82) is 0 Å². The summed E-state index contributed by atoms with van der Waals surface area (Å²) in [6, 6.07) is 3.03. The Morgan fingerprint density at radius 1 is 1.44 bits per heavy atom. The Bertz CT molecular complexity index is 369. The molecule has 1 rings (SSSR count). The first kappa shape index (κ1) is 14.3. The van der Waals surface area contributed by atoms with Crippen LogP contribution in [0.15, 0.2) is 12.1 Å². The molecular formula is C11H18N4O3. The lowest BCUT2D eigenvalue weighted by molar-refractivity contribution is 0.0689. The van der Waals surface area contributed by atoms with Crippen LogP contribution in [0.25, 0.3) is 0 Å². The predicted molar refractivity (Wildman–Crippen MR) is 66.9 cm³/mol. The van der Waals surface area contributed by atoms with Crippen molar-refractivity contribution in [2.75, 3.05) is 45.7 Å². The molecule has 0 saturated carbocycles. The van der Waals surface area contributed by atoms with E-state index in [0.717, 1.165) is 13.1 Å². The molecule has 0 aromatic carbocycles. The second kappa shape index (κ2) is 7.57. The lowest BCUT2D eigenvalue weighted by atomic mass is 10.4. The van der Waals surface area contributed by atoms with Gasteiger partial charge in [-0.05, 0) is 19.2 Å². The van der Waals surface area contributed by atoms with Crippen LogP contribution in [-0.2, 0) is 4.74 Å². The van der Waals surface area contributed by atoms with Gasteiger partial charge in [0, 0.05) is 26.7 Å². The van der Waals surface area contributed by atoms with Crippen molar-refractivity contribution in [2.24, 2.45) is 0 Å². The fourth-order valence-electron chi connectivity index (χ4n) is 1.27. The van der Waals surface area contributed by atoms with Gasteiger partial charge in [-0.3, -0.25) is 0 Å². The summed E-state index contributed by atoms with van der Waals surface area (Å²) in [6.07, 6.45) is 0. The maximum Gasteiger partial charge on any atom is 0.356 e. The third-order valence-electron chi connectivity index (χ3n) is 2.36. The first-order chi connectivity index (χ1) is 8.63. The molecule has 0 saturated heterocycles. The summed E-state index contributed by atoms with van der Waals surface area (Å²) in [5.41, 5.74) is -0.0576. The molecule has 2 N–H and O–H groups in total. The van der Waals surface area contributed by atoms with Crippen molar-refractivity contribution in [3.05, 3.63) is 17.8 Å². The van der Waals surface area contributed by atoms with E-state index in [2.05, 4.69) is 20.4 Å². The summed E-state index contributed by atoms with van der Waals surface area (Å²) >= 11 is 0. The zero-order chi connectivity index (χ0) is 13.4. The summed E-state index contributed by atoms with van der Waals surface area (Å²) in [6.45, 7) is 3.11. The molecule has 0 bridgehead atoms. The van der Waals surface area contributed by atoms with Gasteiger partial charge in [-0.1, -0.05) is 0 Å². The number of nitrogens with one attached hydrogen (secondary N) is 1. The standard InChI is InChI=1S/C11H18N4O3/c1-15(7-8-18-2)6-5-12-10-4-3-9(11(16)17)13-14-10/h3-4H,5-8H2,1-2H3,(H,12,14)(H,16,17). The molecule has 18 heavy (non-hydrogen) atoms. The van der Waals surface area contributed by atoms with Crippen molar-refractivity contribution < 1.29 is 14.6 Å². The van der Waals surface area contributed by atoms with Gasteiger partial charge < -0.3 is 20.1 Å². The van der Waals surface area contributed by atoms with Crippen molar-refractivity contribution in [3.63, 3.8) is 0 Å². The first-order valence-corrected chi connectivity index (χ1v) is 5.62. The molecule has 1 aromatic rings. The van der Waals surface area contributed by atoms with Gasteiger partial charge in [0.05, 0.1) is 6.61 Å². The third kappa shape index (κ3) is 5.07. The number of carbonyl (C=O) groups is 1. The average molecular weight is 254 g/mol.